The minimum atomic E-state index is 0.143. The Morgan fingerprint density at radius 2 is 2.18 bits per heavy atom. The lowest BCUT2D eigenvalue weighted by molar-refractivity contribution is 0.0947. The second-order valence-electron chi connectivity index (χ2n) is 4.46. The summed E-state index contributed by atoms with van der Waals surface area (Å²) in [6.07, 6.45) is 0.527. The molecule has 0 spiro atoms. The summed E-state index contributed by atoms with van der Waals surface area (Å²) in [5.74, 6) is 0.209. The van der Waals surface area contributed by atoms with Crippen LogP contribution < -0.4 is 0 Å². The molecule has 0 aliphatic heterocycles. The summed E-state index contributed by atoms with van der Waals surface area (Å²) in [6, 6.07) is 2.34. The molecule has 1 rings (SSSR count). The molecule has 0 unspecified atom stereocenters. The molecular formula is C13H21NO2S. The molecule has 0 saturated heterocycles. The Morgan fingerprint density at radius 1 is 1.47 bits per heavy atom. The predicted octanol–water partition coefficient (Wildman–Crippen LogP) is 2.33. The number of aliphatic hydroxyl groups is 1. The van der Waals surface area contributed by atoms with Crippen molar-refractivity contribution >= 4 is 17.1 Å². The molecule has 4 heteroatoms. The standard InChI is InChI=1S/C13H21NO2S/c1-10(2)14(7-8-15)6-4-12(16)13-11(3)5-9-17-13/h5,9-10,15H,4,6-8H2,1-3H3. The maximum absolute atomic E-state index is 12.0. The van der Waals surface area contributed by atoms with Gasteiger partial charge in [-0.15, -0.1) is 11.3 Å². The number of aliphatic hydroxyl groups excluding tert-OH is 1. The van der Waals surface area contributed by atoms with Gasteiger partial charge in [0.1, 0.15) is 0 Å². The minimum Gasteiger partial charge on any atom is -0.395 e. The first kappa shape index (κ1) is 14.4. The van der Waals surface area contributed by atoms with Gasteiger partial charge >= 0.3 is 0 Å². The quantitative estimate of drug-likeness (QED) is 0.760. The normalized spacial score (nSPS) is 11.4. The van der Waals surface area contributed by atoms with Gasteiger partial charge in [-0.3, -0.25) is 9.69 Å². The number of carbonyl (C=O) groups is 1. The van der Waals surface area contributed by atoms with Crippen LogP contribution in [-0.4, -0.2) is 41.5 Å². The lowest BCUT2D eigenvalue weighted by atomic mass is 10.1. The molecular weight excluding hydrogens is 234 g/mol. The number of rotatable bonds is 7. The molecule has 0 fully saturated rings. The van der Waals surface area contributed by atoms with Crippen molar-refractivity contribution in [3.8, 4) is 0 Å². The highest BCUT2D eigenvalue weighted by molar-refractivity contribution is 7.12. The average molecular weight is 255 g/mol. The van der Waals surface area contributed by atoms with Gasteiger partial charge in [-0.25, -0.2) is 0 Å². The van der Waals surface area contributed by atoms with Crippen LogP contribution in [0.4, 0.5) is 0 Å². The Balaban J connectivity index is 2.49. The van der Waals surface area contributed by atoms with Crippen molar-refractivity contribution in [3.05, 3.63) is 21.9 Å². The molecule has 0 radical (unpaired) electrons. The van der Waals surface area contributed by atoms with Crippen molar-refractivity contribution < 1.29 is 9.90 Å². The Bertz CT molecular complexity index is 360. The van der Waals surface area contributed by atoms with E-state index in [1.165, 1.54) is 11.3 Å². The summed E-state index contributed by atoms with van der Waals surface area (Å²) in [7, 11) is 0. The van der Waals surface area contributed by atoms with Gasteiger partial charge in [0.05, 0.1) is 11.5 Å². The van der Waals surface area contributed by atoms with Crippen LogP contribution in [0.5, 0.6) is 0 Å². The molecule has 0 aromatic carbocycles. The molecule has 1 N–H and O–H groups in total. The Kier molecular flexibility index (Phi) is 5.82. The summed E-state index contributed by atoms with van der Waals surface area (Å²) in [5.41, 5.74) is 1.07. The van der Waals surface area contributed by atoms with Crippen molar-refractivity contribution in [2.75, 3.05) is 19.7 Å². The maximum atomic E-state index is 12.0. The fraction of sp³-hybridized carbons (Fsp3) is 0.615. The third-order valence-electron chi connectivity index (χ3n) is 2.86. The fourth-order valence-electron chi connectivity index (χ4n) is 1.77. The molecule has 0 amide bonds. The summed E-state index contributed by atoms with van der Waals surface area (Å²) in [6.45, 7) is 7.62. The molecule has 17 heavy (non-hydrogen) atoms. The van der Waals surface area contributed by atoms with Gasteiger partial charge in [-0.1, -0.05) is 0 Å². The van der Waals surface area contributed by atoms with Crippen LogP contribution in [0.2, 0.25) is 0 Å². The number of hydrogen-bond acceptors (Lipinski definition) is 4. The number of ketones is 1. The van der Waals surface area contributed by atoms with Gasteiger partial charge < -0.3 is 5.11 Å². The van der Waals surface area contributed by atoms with Crippen LogP contribution in [-0.2, 0) is 0 Å². The van der Waals surface area contributed by atoms with Crippen molar-refractivity contribution in [2.24, 2.45) is 0 Å². The first-order valence-electron chi connectivity index (χ1n) is 5.98. The monoisotopic (exact) mass is 255 g/mol. The molecule has 0 aliphatic rings. The third-order valence-corrected chi connectivity index (χ3v) is 3.92. The second-order valence-corrected chi connectivity index (χ2v) is 5.38. The average Bonchev–Trinajstić information content (AvgIpc) is 2.69. The predicted molar refractivity (Wildman–Crippen MR) is 71.8 cm³/mol. The zero-order chi connectivity index (χ0) is 12.8. The third kappa shape index (κ3) is 4.22. The van der Waals surface area contributed by atoms with Crippen LogP contribution in [0.15, 0.2) is 11.4 Å². The molecule has 0 aliphatic carbocycles. The van der Waals surface area contributed by atoms with Crippen LogP contribution in [0.3, 0.4) is 0 Å². The number of aryl methyl sites for hydroxylation is 1. The number of carbonyl (C=O) groups excluding carboxylic acids is 1. The highest BCUT2D eigenvalue weighted by Crippen LogP contribution is 2.17. The first-order chi connectivity index (χ1) is 8.06. The number of hydrogen-bond donors (Lipinski definition) is 1. The van der Waals surface area contributed by atoms with Gasteiger partial charge in [0.15, 0.2) is 5.78 Å². The molecule has 3 nitrogen and oxygen atoms in total. The van der Waals surface area contributed by atoms with Gasteiger partial charge in [0, 0.05) is 25.6 Å². The highest BCUT2D eigenvalue weighted by atomic mass is 32.1. The van der Waals surface area contributed by atoms with E-state index in [1.54, 1.807) is 0 Å². The molecule has 1 aromatic rings. The Hall–Kier alpha value is -0.710. The zero-order valence-corrected chi connectivity index (χ0v) is 11.6. The summed E-state index contributed by atoms with van der Waals surface area (Å²) in [4.78, 5) is 15.0. The fourth-order valence-corrected chi connectivity index (χ4v) is 2.67. The molecule has 0 saturated carbocycles. The molecule has 1 heterocycles. The second kappa shape index (κ2) is 6.89. The highest BCUT2D eigenvalue weighted by Gasteiger charge is 2.14. The Labute approximate surface area is 107 Å². The molecule has 96 valence electrons. The van der Waals surface area contributed by atoms with Crippen LogP contribution in [0.1, 0.15) is 35.5 Å². The van der Waals surface area contributed by atoms with Crippen LogP contribution in [0, 0.1) is 6.92 Å². The zero-order valence-electron chi connectivity index (χ0n) is 10.8. The number of nitrogens with zero attached hydrogens (tertiary/aromatic N) is 1. The van der Waals surface area contributed by atoms with Crippen LogP contribution >= 0.6 is 11.3 Å². The lowest BCUT2D eigenvalue weighted by Gasteiger charge is -2.25. The van der Waals surface area contributed by atoms with Crippen molar-refractivity contribution in [1.82, 2.24) is 4.90 Å². The molecule has 1 aromatic heterocycles. The van der Waals surface area contributed by atoms with Gasteiger partial charge in [0.2, 0.25) is 0 Å². The molecule has 0 bridgehead atoms. The van der Waals surface area contributed by atoms with E-state index in [0.717, 1.165) is 10.4 Å². The lowest BCUT2D eigenvalue weighted by Crippen LogP contribution is -2.35. The van der Waals surface area contributed by atoms with E-state index in [2.05, 4.69) is 18.7 Å². The van der Waals surface area contributed by atoms with Gasteiger partial charge in [-0.2, -0.15) is 0 Å². The van der Waals surface area contributed by atoms with Crippen molar-refractivity contribution in [2.45, 2.75) is 33.2 Å². The largest absolute Gasteiger partial charge is 0.395 e. The van der Waals surface area contributed by atoms with E-state index < -0.39 is 0 Å². The SMILES string of the molecule is Cc1ccsc1C(=O)CCN(CCO)C(C)C. The van der Waals surface area contributed by atoms with Crippen LogP contribution in [0.25, 0.3) is 0 Å². The van der Waals surface area contributed by atoms with Crippen molar-refractivity contribution in [3.63, 3.8) is 0 Å². The topological polar surface area (TPSA) is 40.5 Å². The minimum absolute atomic E-state index is 0.143. The van der Waals surface area contributed by atoms with E-state index in [9.17, 15) is 4.79 Å². The first-order valence-corrected chi connectivity index (χ1v) is 6.86. The number of Topliss-reactive ketones (excluding diaryl/α,β-unsaturated/α-hetero) is 1. The maximum Gasteiger partial charge on any atom is 0.174 e. The van der Waals surface area contributed by atoms with E-state index in [0.29, 0.717) is 25.6 Å². The molecule has 0 atom stereocenters. The van der Waals surface area contributed by atoms with Crippen molar-refractivity contribution in [1.29, 1.82) is 0 Å². The van der Waals surface area contributed by atoms with E-state index >= 15 is 0 Å². The smallest absolute Gasteiger partial charge is 0.174 e. The summed E-state index contributed by atoms with van der Waals surface area (Å²) < 4.78 is 0. The Morgan fingerprint density at radius 3 is 2.65 bits per heavy atom. The summed E-state index contributed by atoms with van der Waals surface area (Å²) in [5, 5.41) is 10.9. The van der Waals surface area contributed by atoms with E-state index in [4.69, 9.17) is 5.11 Å². The van der Waals surface area contributed by atoms with E-state index in [1.807, 2.05) is 18.4 Å². The van der Waals surface area contributed by atoms with E-state index in [-0.39, 0.29) is 12.4 Å². The van der Waals surface area contributed by atoms with Gasteiger partial charge in [-0.05, 0) is 37.8 Å². The number of thiophene rings is 1. The summed E-state index contributed by atoms with van der Waals surface area (Å²) >= 11 is 1.51. The van der Waals surface area contributed by atoms with Gasteiger partial charge in [0.25, 0.3) is 0 Å².